The molecule has 1 aromatic rings. The van der Waals surface area contributed by atoms with E-state index in [4.69, 9.17) is 5.26 Å². The summed E-state index contributed by atoms with van der Waals surface area (Å²) >= 11 is 0. The van der Waals surface area contributed by atoms with Gasteiger partial charge in [-0.2, -0.15) is 5.26 Å². The Hall–Kier alpha value is -1.67. The molecule has 19 heavy (non-hydrogen) atoms. The Kier molecular flexibility index (Phi) is 4.69. The molecule has 1 aliphatic heterocycles. The summed E-state index contributed by atoms with van der Waals surface area (Å²) < 4.78 is 27.0. The smallest absolute Gasteiger partial charge is 0.183 e. The minimum atomic E-state index is -1.08. The van der Waals surface area contributed by atoms with Crippen LogP contribution in [0.15, 0.2) is 12.1 Å². The fourth-order valence-electron chi connectivity index (χ4n) is 2.30. The SMILES string of the molecule is N#Cc1ccc(NCCN2CCCCC2)c(F)c1F. The molecule has 3 nitrogen and oxygen atoms in total. The highest BCUT2D eigenvalue weighted by Crippen LogP contribution is 2.20. The first-order valence-corrected chi connectivity index (χ1v) is 6.56. The number of nitriles is 1. The maximum atomic E-state index is 13.6. The molecule has 0 bridgehead atoms. The summed E-state index contributed by atoms with van der Waals surface area (Å²) in [6.45, 7) is 3.54. The molecule has 0 aliphatic carbocycles. The summed E-state index contributed by atoms with van der Waals surface area (Å²) in [7, 11) is 0. The van der Waals surface area contributed by atoms with Gasteiger partial charge in [0, 0.05) is 13.1 Å². The average molecular weight is 265 g/mol. The quantitative estimate of drug-likeness (QED) is 0.909. The van der Waals surface area contributed by atoms with Gasteiger partial charge in [0.25, 0.3) is 0 Å². The Labute approximate surface area is 111 Å². The van der Waals surface area contributed by atoms with Crippen LogP contribution in [-0.4, -0.2) is 31.1 Å². The molecule has 1 saturated heterocycles. The maximum Gasteiger partial charge on any atom is 0.183 e. The summed E-state index contributed by atoms with van der Waals surface area (Å²) in [5, 5.41) is 11.5. The van der Waals surface area contributed by atoms with E-state index < -0.39 is 11.6 Å². The molecular weight excluding hydrogens is 248 g/mol. The molecule has 102 valence electrons. The van der Waals surface area contributed by atoms with Crippen molar-refractivity contribution >= 4 is 5.69 Å². The van der Waals surface area contributed by atoms with E-state index in [9.17, 15) is 8.78 Å². The first-order chi connectivity index (χ1) is 9.22. The zero-order chi connectivity index (χ0) is 13.7. The van der Waals surface area contributed by atoms with Crippen LogP contribution in [0.1, 0.15) is 24.8 Å². The molecule has 5 heteroatoms. The highest BCUT2D eigenvalue weighted by molar-refractivity contribution is 5.49. The minimum Gasteiger partial charge on any atom is -0.381 e. The van der Waals surface area contributed by atoms with Gasteiger partial charge in [0.2, 0.25) is 0 Å². The monoisotopic (exact) mass is 265 g/mol. The van der Waals surface area contributed by atoms with E-state index in [1.807, 2.05) is 0 Å². The molecule has 0 amide bonds. The van der Waals surface area contributed by atoms with E-state index in [-0.39, 0.29) is 11.3 Å². The van der Waals surface area contributed by atoms with Crippen molar-refractivity contribution in [3.05, 3.63) is 29.3 Å². The van der Waals surface area contributed by atoms with Crippen molar-refractivity contribution in [2.75, 3.05) is 31.5 Å². The van der Waals surface area contributed by atoms with Crippen molar-refractivity contribution in [2.24, 2.45) is 0 Å². The van der Waals surface area contributed by atoms with Crippen molar-refractivity contribution in [3.63, 3.8) is 0 Å². The summed E-state index contributed by atoms with van der Waals surface area (Å²) in [6.07, 6.45) is 3.69. The maximum absolute atomic E-state index is 13.6. The lowest BCUT2D eigenvalue weighted by atomic mass is 10.1. The Morgan fingerprint density at radius 2 is 1.89 bits per heavy atom. The molecule has 1 fully saturated rings. The Bertz CT molecular complexity index is 476. The molecule has 0 spiro atoms. The third kappa shape index (κ3) is 3.42. The van der Waals surface area contributed by atoms with Gasteiger partial charge in [-0.1, -0.05) is 6.42 Å². The van der Waals surface area contributed by atoms with Crippen LogP contribution in [0.4, 0.5) is 14.5 Å². The molecule has 1 N–H and O–H groups in total. The topological polar surface area (TPSA) is 39.1 Å². The van der Waals surface area contributed by atoms with Crippen LogP contribution < -0.4 is 5.32 Å². The van der Waals surface area contributed by atoms with Crippen LogP contribution in [0.25, 0.3) is 0 Å². The number of hydrogen-bond donors (Lipinski definition) is 1. The van der Waals surface area contributed by atoms with Gasteiger partial charge in [-0.05, 0) is 38.1 Å². The third-order valence-corrected chi connectivity index (χ3v) is 3.39. The van der Waals surface area contributed by atoms with Gasteiger partial charge in [-0.15, -0.1) is 0 Å². The predicted octanol–water partition coefficient (Wildman–Crippen LogP) is 2.73. The van der Waals surface area contributed by atoms with Gasteiger partial charge in [0.1, 0.15) is 6.07 Å². The minimum absolute atomic E-state index is 0.119. The number of halogens is 2. The Morgan fingerprint density at radius 3 is 2.58 bits per heavy atom. The highest BCUT2D eigenvalue weighted by atomic mass is 19.2. The highest BCUT2D eigenvalue weighted by Gasteiger charge is 2.13. The molecule has 1 aliphatic rings. The lowest BCUT2D eigenvalue weighted by Gasteiger charge is -2.26. The molecule has 1 aromatic carbocycles. The van der Waals surface area contributed by atoms with Gasteiger partial charge < -0.3 is 10.2 Å². The van der Waals surface area contributed by atoms with E-state index in [1.54, 1.807) is 6.07 Å². The summed E-state index contributed by atoms with van der Waals surface area (Å²) in [5.41, 5.74) is -0.146. The first kappa shape index (κ1) is 13.8. The first-order valence-electron chi connectivity index (χ1n) is 6.56. The summed E-state index contributed by atoms with van der Waals surface area (Å²) in [4.78, 5) is 2.31. The molecule has 0 radical (unpaired) electrons. The van der Waals surface area contributed by atoms with Crippen LogP contribution in [0.3, 0.4) is 0 Å². The number of rotatable bonds is 4. The third-order valence-electron chi connectivity index (χ3n) is 3.39. The van der Waals surface area contributed by atoms with E-state index in [1.165, 1.54) is 31.4 Å². The lowest BCUT2D eigenvalue weighted by Crippen LogP contribution is -2.33. The van der Waals surface area contributed by atoms with E-state index in [0.29, 0.717) is 6.54 Å². The van der Waals surface area contributed by atoms with Crippen LogP contribution >= 0.6 is 0 Å². The second-order valence-corrected chi connectivity index (χ2v) is 4.73. The molecule has 0 atom stereocenters. The largest absolute Gasteiger partial charge is 0.381 e. The number of nitrogens with zero attached hydrogens (tertiary/aromatic N) is 2. The van der Waals surface area contributed by atoms with Gasteiger partial charge in [0.05, 0.1) is 11.3 Å². The Balaban J connectivity index is 1.89. The lowest BCUT2D eigenvalue weighted by molar-refractivity contribution is 0.237. The molecule has 1 heterocycles. The fourth-order valence-corrected chi connectivity index (χ4v) is 2.30. The van der Waals surface area contributed by atoms with E-state index >= 15 is 0 Å². The number of benzene rings is 1. The normalized spacial score (nSPS) is 16.1. The van der Waals surface area contributed by atoms with Crippen LogP contribution in [-0.2, 0) is 0 Å². The van der Waals surface area contributed by atoms with Crippen LogP contribution in [0.2, 0.25) is 0 Å². The molecule has 0 saturated carbocycles. The van der Waals surface area contributed by atoms with E-state index in [0.717, 1.165) is 19.6 Å². The number of anilines is 1. The van der Waals surface area contributed by atoms with Crippen molar-refractivity contribution in [2.45, 2.75) is 19.3 Å². The van der Waals surface area contributed by atoms with Crippen LogP contribution in [0, 0.1) is 23.0 Å². The molecule has 0 unspecified atom stereocenters. The number of nitrogens with one attached hydrogen (secondary N) is 1. The van der Waals surface area contributed by atoms with Crippen molar-refractivity contribution < 1.29 is 8.78 Å². The number of piperidine rings is 1. The molecular formula is C14H17F2N3. The molecule has 2 rings (SSSR count). The summed E-state index contributed by atoms with van der Waals surface area (Å²) in [5.74, 6) is -2.05. The summed E-state index contributed by atoms with van der Waals surface area (Å²) in [6, 6.07) is 4.32. The number of likely N-dealkylation sites (tertiary alicyclic amines) is 1. The van der Waals surface area contributed by atoms with E-state index in [2.05, 4.69) is 10.2 Å². The molecule has 0 aromatic heterocycles. The standard InChI is InChI=1S/C14H17F2N3/c15-13-11(10-17)4-5-12(14(13)16)18-6-9-19-7-2-1-3-8-19/h4-5,18H,1-3,6-9H2. The van der Waals surface area contributed by atoms with Crippen molar-refractivity contribution in [3.8, 4) is 6.07 Å². The zero-order valence-corrected chi connectivity index (χ0v) is 10.8. The fraction of sp³-hybridized carbons (Fsp3) is 0.500. The second kappa shape index (κ2) is 6.48. The van der Waals surface area contributed by atoms with Gasteiger partial charge >= 0.3 is 0 Å². The predicted molar refractivity (Wildman–Crippen MR) is 69.9 cm³/mol. The van der Waals surface area contributed by atoms with Crippen LogP contribution in [0.5, 0.6) is 0 Å². The van der Waals surface area contributed by atoms with Gasteiger partial charge in [-0.25, -0.2) is 8.78 Å². The second-order valence-electron chi connectivity index (χ2n) is 4.73. The van der Waals surface area contributed by atoms with Gasteiger partial charge in [0.15, 0.2) is 11.6 Å². The van der Waals surface area contributed by atoms with Crippen molar-refractivity contribution in [1.82, 2.24) is 4.90 Å². The average Bonchev–Trinajstić information content (AvgIpc) is 2.45. The van der Waals surface area contributed by atoms with Gasteiger partial charge in [-0.3, -0.25) is 0 Å². The number of hydrogen-bond acceptors (Lipinski definition) is 3. The Morgan fingerprint density at radius 1 is 1.16 bits per heavy atom. The van der Waals surface area contributed by atoms with Crippen molar-refractivity contribution in [1.29, 1.82) is 5.26 Å². The zero-order valence-electron chi connectivity index (χ0n) is 10.8.